The molecule has 0 aliphatic heterocycles. The van der Waals surface area contributed by atoms with Gasteiger partial charge in [-0.1, -0.05) is 69.6 Å². The summed E-state index contributed by atoms with van der Waals surface area (Å²) in [6.07, 6.45) is -0.0132. The Bertz CT molecular complexity index is 706. The van der Waals surface area contributed by atoms with E-state index in [1.165, 1.54) is 12.1 Å². The maximum absolute atomic E-state index is 7.16. The van der Waals surface area contributed by atoms with E-state index in [4.69, 9.17) is 72.5 Å². The SMILES string of the molecule is [2H]Oc1c(Cl)cc(Cl)c(Cl)c1Cc1c(Cl)c(Cl)cc(Cl)c1O[2H]. The van der Waals surface area contributed by atoms with Gasteiger partial charge in [-0.3, -0.25) is 0 Å². The molecule has 112 valence electrons. The van der Waals surface area contributed by atoms with E-state index >= 15 is 0 Å². The Morgan fingerprint density at radius 1 is 0.714 bits per heavy atom. The molecule has 0 aliphatic carbocycles. The first-order valence-corrected chi connectivity index (χ1v) is 7.67. The molecular weight excluding hydrogens is 401 g/mol. The fraction of sp³-hybridized carbons (Fsp3) is 0.0769. The zero-order valence-electron chi connectivity index (χ0n) is 11.9. The summed E-state index contributed by atoms with van der Waals surface area (Å²) in [6.45, 7) is 0. The van der Waals surface area contributed by atoms with E-state index in [0.29, 0.717) is 0 Å². The fourth-order valence-corrected chi connectivity index (χ4v) is 3.17. The lowest BCUT2D eigenvalue weighted by Gasteiger charge is -2.14. The van der Waals surface area contributed by atoms with Crippen molar-refractivity contribution < 1.29 is 10.2 Å². The first kappa shape index (κ1) is 14.4. The second kappa shape index (κ2) is 6.49. The monoisotopic (exact) mass is 406 g/mol. The highest BCUT2D eigenvalue weighted by Crippen LogP contribution is 2.44. The van der Waals surface area contributed by atoms with Crippen LogP contribution in [0.2, 0.25) is 30.1 Å². The highest BCUT2D eigenvalue weighted by Gasteiger charge is 2.20. The number of hydrogen-bond acceptors (Lipinski definition) is 2. The van der Waals surface area contributed by atoms with E-state index in [9.17, 15) is 0 Å². The average molecular weight is 409 g/mol. The molecular formula is C13H6Cl6O2. The Balaban J connectivity index is 2.70. The fourth-order valence-electron chi connectivity index (χ4n) is 1.75. The summed E-state index contributed by atoms with van der Waals surface area (Å²) in [5, 5.41) is 9.87. The standard InChI is InChI=1S/C13H6Cl6O2/c14-6-2-8(16)12(20)4(10(6)18)1-5-11(19)7(15)3-9(17)13(5)21/h2-3,20-21H,1H2/i/hD2. The molecule has 0 fully saturated rings. The molecule has 0 saturated carbocycles. The van der Waals surface area contributed by atoms with Crippen molar-refractivity contribution in [3.8, 4) is 11.5 Å². The Morgan fingerprint density at radius 2 is 1.10 bits per heavy atom. The van der Waals surface area contributed by atoms with Gasteiger partial charge in [0, 0.05) is 17.5 Å². The molecule has 8 heteroatoms. The second-order valence-corrected chi connectivity index (χ2v) is 6.49. The number of phenolic OH excluding ortho intramolecular Hbond substituents is 2. The lowest BCUT2D eigenvalue weighted by atomic mass is 10.0. The van der Waals surface area contributed by atoms with Gasteiger partial charge in [-0.05, 0) is 12.1 Å². The predicted octanol–water partition coefficient (Wildman–Crippen LogP) is 6.61. The van der Waals surface area contributed by atoms with Gasteiger partial charge in [-0.25, -0.2) is 0 Å². The van der Waals surface area contributed by atoms with Crippen molar-refractivity contribution in [1.82, 2.24) is 0 Å². The third kappa shape index (κ3) is 3.26. The zero-order chi connectivity index (χ0) is 17.3. The highest BCUT2D eigenvalue weighted by molar-refractivity contribution is 6.45. The third-order valence-corrected chi connectivity index (χ3v) is 5.01. The summed E-state index contributed by atoms with van der Waals surface area (Å²) in [5.41, 5.74) is 0.579. The summed E-state index contributed by atoms with van der Waals surface area (Å²) in [5.74, 6) is 0.00771. The van der Waals surface area contributed by atoms with E-state index < -0.39 is 0 Å². The van der Waals surface area contributed by atoms with Crippen molar-refractivity contribution in [2.75, 3.05) is 0 Å². The summed E-state index contributed by atoms with van der Waals surface area (Å²) >= 11 is 36.4. The minimum atomic E-state index is -0.0132. The van der Waals surface area contributed by atoms with Crippen LogP contribution in [0.5, 0.6) is 11.5 Å². The van der Waals surface area contributed by atoms with Gasteiger partial charge in [0.2, 0.25) is 0 Å². The van der Waals surface area contributed by atoms with Crippen LogP contribution in [-0.4, -0.2) is 13.1 Å². The first-order chi connectivity index (χ1) is 10.8. The van der Waals surface area contributed by atoms with E-state index in [2.05, 4.69) is 10.2 Å². The highest BCUT2D eigenvalue weighted by atomic mass is 35.5. The first-order valence-electron chi connectivity index (χ1n) is 6.22. The Hall–Kier alpha value is -0.220. The van der Waals surface area contributed by atoms with Crippen LogP contribution in [0.15, 0.2) is 12.1 Å². The lowest BCUT2D eigenvalue weighted by Crippen LogP contribution is -1.95. The van der Waals surface area contributed by atoms with Gasteiger partial charge in [0.05, 0.1) is 30.1 Å². The molecule has 2 rings (SSSR count). The normalized spacial score (nSPS) is 11.9. The number of rotatable bonds is 4. The molecule has 2 nitrogen and oxygen atoms in total. The second-order valence-electron chi connectivity index (χ2n) is 4.10. The van der Waals surface area contributed by atoms with Crippen LogP contribution in [0, 0.1) is 0 Å². The molecule has 0 unspecified atom stereocenters. The molecule has 0 heterocycles. The van der Waals surface area contributed by atoms with E-state index in [1.807, 2.05) is 0 Å². The predicted molar refractivity (Wildman–Crippen MR) is 89.1 cm³/mol. The molecule has 21 heavy (non-hydrogen) atoms. The number of hydrogen-bond donors (Lipinski definition) is 2. The van der Waals surface area contributed by atoms with Crippen LogP contribution in [0.1, 0.15) is 11.1 Å². The van der Waals surface area contributed by atoms with Gasteiger partial charge >= 0.3 is 0 Å². The summed E-state index contributed by atoms with van der Waals surface area (Å²) < 4.78 is 14.3. The van der Waals surface area contributed by atoms with Gasteiger partial charge in [0.15, 0.2) is 0 Å². The summed E-state index contributed by atoms with van der Waals surface area (Å²) in [4.78, 5) is 0. The molecule has 2 aromatic carbocycles. The summed E-state index contributed by atoms with van der Waals surface area (Å²) in [6, 6.07) is 2.71. The zero-order valence-corrected chi connectivity index (χ0v) is 14.5. The van der Waals surface area contributed by atoms with Crippen LogP contribution in [0.4, 0.5) is 0 Å². The van der Waals surface area contributed by atoms with Crippen molar-refractivity contribution in [2.45, 2.75) is 6.42 Å². The molecule has 0 aliphatic rings. The van der Waals surface area contributed by atoms with Crippen molar-refractivity contribution in [1.29, 1.82) is 2.86 Å². The molecule has 2 N–H and O–H groups in total. The molecule has 0 radical (unpaired) electrons. The number of benzene rings is 2. The van der Waals surface area contributed by atoms with E-state index in [1.54, 1.807) is 0 Å². The van der Waals surface area contributed by atoms with Crippen molar-refractivity contribution in [3.05, 3.63) is 53.4 Å². The number of phenols is 2. The molecule has 0 aromatic heterocycles. The van der Waals surface area contributed by atoms with Crippen LogP contribution in [-0.2, 0) is 6.42 Å². The van der Waals surface area contributed by atoms with Crippen LogP contribution in [0.3, 0.4) is 0 Å². The topological polar surface area (TPSA) is 40.5 Å². The average Bonchev–Trinajstić information content (AvgIpc) is 2.49. The summed E-state index contributed by atoms with van der Waals surface area (Å²) in [7, 11) is 0. The Labute approximate surface area is 153 Å². The van der Waals surface area contributed by atoms with Gasteiger partial charge in [-0.15, -0.1) is 0 Å². The van der Waals surface area contributed by atoms with Gasteiger partial charge in [0.25, 0.3) is 2.86 Å². The number of halogens is 6. The Kier molecular flexibility index (Phi) is 4.44. The van der Waals surface area contributed by atoms with E-state index in [0.717, 1.165) is 0 Å². The van der Waals surface area contributed by atoms with E-state index in [-0.39, 0.29) is 59.2 Å². The molecule has 0 amide bonds. The van der Waals surface area contributed by atoms with Crippen molar-refractivity contribution >= 4 is 69.6 Å². The number of aromatic hydroxyl groups is 2. The molecule has 2 aromatic rings. The molecule has 0 atom stereocenters. The Morgan fingerprint density at radius 3 is 1.43 bits per heavy atom. The van der Waals surface area contributed by atoms with Gasteiger partial charge in [-0.2, -0.15) is 0 Å². The molecule has 0 bridgehead atoms. The lowest BCUT2D eigenvalue weighted by molar-refractivity contribution is 0.463. The minimum Gasteiger partial charge on any atom is -0.506 e. The largest absolute Gasteiger partial charge is 0.506 e. The quantitative estimate of drug-likeness (QED) is 0.559. The van der Waals surface area contributed by atoms with Crippen molar-refractivity contribution in [2.24, 2.45) is 0 Å². The van der Waals surface area contributed by atoms with Gasteiger partial charge < -0.3 is 10.2 Å². The molecule has 0 spiro atoms. The third-order valence-electron chi connectivity index (χ3n) is 2.79. The van der Waals surface area contributed by atoms with Crippen LogP contribution < -0.4 is 0 Å². The molecule has 0 saturated heterocycles. The van der Waals surface area contributed by atoms with Gasteiger partial charge in [0.1, 0.15) is 11.5 Å². The smallest absolute Gasteiger partial charge is 0.293 e. The van der Waals surface area contributed by atoms with Crippen molar-refractivity contribution in [3.63, 3.8) is 0 Å². The maximum atomic E-state index is 7.16. The maximum Gasteiger partial charge on any atom is 0.293 e. The van der Waals surface area contributed by atoms with Crippen LogP contribution >= 0.6 is 69.6 Å². The van der Waals surface area contributed by atoms with Crippen LogP contribution in [0.25, 0.3) is 0 Å². The minimum absolute atomic E-state index is 0.00385.